The van der Waals surface area contributed by atoms with Crippen LogP contribution in [0.15, 0.2) is 29.2 Å². The van der Waals surface area contributed by atoms with E-state index in [4.69, 9.17) is 0 Å². The molecule has 1 aromatic carbocycles. The van der Waals surface area contributed by atoms with E-state index in [0.29, 0.717) is 5.75 Å². The van der Waals surface area contributed by atoms with Gasteiger partial charge in [0, 0.05) is 5.75 Å². The highest BCUT2D eigenvalue weighted by Gasteiger charge is 2.13. The van der Waals surface area contributed by atoms with Crippen molar-refractivity contribution in [2.45, 2.75) is 4.90 Å². The molecule has 0 heterocycles. The highest BCUT2D eigenvalue weighted by atomic mass is 32.2. The molecule has 0 atom stereocenters. The van der Waals surface area contributed by atoms with E-state index in [-0.39, 0.29) is 10.6 Å². The molecule has 0 unspecified atom stereocenters. The number of thioether (sulfide) groups is 1. The highest BCUT2D eigenvalue weighted by Crippen LogP contribution is 2.12. The van der Waals surface area contributed by atoms with Crippen molar-refractivity contribution in [1.29, 1.82) is 0 Å². The van der Waals surface area contributed by atoms with Crippen molar-refractivity contribution in [3.05, 3.63) is 30.1 Å². The molecule has 0 amide bonds. The second-order valence-electron chi connectivity index (χ2n) is 2.77. The van der Waals surface area contributed by atoms with Crippen molar-refractivity contribution < 1.29 is 12.8 Å². The molecule has 0 N–H and O–H groups in total. The summed E-state index contributed by atoms with van der Waals surface area (Å²) in [6.07, 6.45) is 1.85. The summed E-state index contributed by atoms with van der Waals surface area (Å²) in [5.74, 6) is 0.230. The number of benzene rings is 1. The van der Waals surface area contributed by atoms with Crippen molar-refractivity contribution in [3.8, 4) is 0 Å². The molecular weight excluding hydrogens is 223 g/mol. The maximum absolute atomic E-state index is 12.5. The van der Waals surface area contributed by atoms with Gasteiger partial charge >= 0.3 is 0 Å². The molecule has 0 bridgehead atoms. The SMILES string of the molecule is CSCCS(=O)(=O)c1ccc(F)cc1. The van der Waals surface area contributed by atoms with Crippen molar-refractivity contribution in [2.75, 3.05) is 17.8 Å². The van der Waals surface area contributed by atoms with Crippen LogP contribution in [0.25, 0.3) is 0 Å². The third-order valence-corrected chi connectivity index (χ3v) is 4.33. The summed E-state index contributed by atoms with van der Waals surface area (Å²) in [5.41, 5.74) is 0. The lowest BCUT2D eigenvalue weighted by Crippen LogP contribution is -2.08. The average Bonchev–Trinajstić information content (AvgIpc) is 2.16. The molecule has 5 heteroatoms. The number of halogens is 1. The normalized spacial score (nSPS) is 11.6. The Labute approximate surface area is 87.4 Å². The minimum atomic E-state index is -3.23. The first-order chi connectivity index (χ1) is 6.56. The Bertz CT molecular complexity index is 384. The number of hydrogen-bond acceptors (Lipinski definition) is 3. The van der Waals surface area contributed by atoms with Gasteiger partial charge in [-0.25, -0.2) is 12.8 Å². The molecule has 1 rings (SSSR count). The van der Waals surface area contributed by atoms with Crippen LogP contribution >= 0.6 is 11.8 Å². The summed E-state index contributed by atoms with van der Waals surface area (Å²) in [5, 5.41) is 0. The van der Waals surface area contributed by atoms with Gasteiger partial charge in [0.2, 0.25) is 0 Å². The van der Waals surface area contributed by atoms with Crippen molar-refractivity contribution in [3.63, 3.8) is 0 Å². The van der Waals surface area contributed by atoms with Crippen molar-refractivity contribution in [1.82, 2.24) is 0 Å². The summed E-state index contributed by atoms with van der Waals surface area (Å²) in [7, 11) is -3.23. The third kappa shape index (κ3) is 2.99. The highest BCUT2D eigenvalue weighted by molar-refractivity contribution is 8.00. The molecule has 0 saturated heterocycles. The lowest BCUT2D eigenvalue weighted by molar-refractivity contribution is 0.596. The van der Waals surface area contributed by atoms with Gasteiger partial charge in [-0.3, -0.25) is 0 Å². The van der Waals surface area contributed by atoms with Crippen LogP contribution in [0.1, 0.15) is 0 Å². The van der Waals surface area contributed by atoms with Crippen LogP contribution in [-0.2, 0) is 9.84 Å². The van der Waals surface area contributed by atoms with E-state index in [1.807, 2.05) is 6.26 Å². The lowest BCUT2D eigenvalue weighted by atomic mass is 10.4. The van der Waals surface area contributed by atoms with Gasteiger partial charge in [0.25, 0.3) is 0 Å². The number of sulfone groups is 1. The van der Waals surface area contributed by atoms with E-state index in [0.717, 1.165) is 12.1 Å². The summed E-state index contributed by atoms with van der Waals surface area (Å²) in [4.78, 5) is 0.188. The maximum atomic E-state index is 12.5. The quantitative estimate of drug-likeness (QED) is 0.747. The van der Waals surface area contributed by atoms with Crippen LogP contribution in [0.4, 0.5) is 4.39 Å². The Kier molecular flexibility index (Phi) is 3.95. The Morgan fingerprint density at radius 1 is 1.29 bits per heavy atom. The van der Waals surface area contributed by atoms with Crippen LogP contribution in [0.2, 0.25) is 0 Å². The summed E-state index contributed by atoms with van der Waals surface area (Å²) in [6, 6.07) is 4.91. The van der Waals surface area contributed by atoms with E-state index < -0.39 is 15.7 Å². The monoisotopic (exact) mass is 234 g/mol. The predicted molar refractivity (Wildman–Crippen MR) is 56.8 cm³/mol. The predicted octanol–water partition coefficient (Wildman–Crippen LogP) is 1.96. The van der Waals surface area contributed by atoms with Crippen LogP contribution in [0.5, 0.6) is 0 Å². The van der Waals surface area contributed by atoms with E-state index >= 15 is 0 Å². The second kappa shape index (κ2) is 4.79. The molecule has 0 aromatic heterocycles. The van der Waals surface area contributed by atoms with Crippen LogP contribution in [0.3, 0.4) is 0 Å². The lowest BCUT2D eigenvalue weighted by Gasteiger charge is -2.02. The summed E-state index contributed by atoms with van der Waals surface area (Å²) in [6.45, 7) is 0. The number of hydrogen-bond donors (Lipinski definition) is 0. The van der Waals surface area contributed by atoms with Gasteiger partial charge in [0.15, 0.2) is 9.84 Å². The van der Waals surface area contributed by atoms with Crippen molar-refractivity contribution in [2.24, 2.45) is 0 Å². The van der Waals surface area contributed by atoms with E-state index in [1.165, 1.54) is 23.9 Å². The van der Waals surface area contributed by atoms with Crippen LogP contribution in [-0.4, -0.2) is 26.2 Å². The molecule has 0 aliphatic carbocycles. The first kappa shape index (κ1) is 11.5. The topological polar surface area (TPSA) is 34.1 Å². The van der Waals surface area contributed by atoms with Gasteiger partial charge in [0.1, 0.15) is 5.82 Å². The fourth-order valence-electron chi connectivity index (χ4n) is 0.953. The Hall–Kier alpha value is -0.550. The molecule has 0 aliphatic heterocycles. The first-order valence-corrected chi connectivity index (χ1v) is 7.08. The van der Waals surface area contributed by atoms with Gasteiger partial charge in [-0.15, -0.1) is 0 Å². The molecule has 1 aromatic rings. The standard InChI is InChI=1S/C9H11FO2S2/c1-13-6-7-14(11,12)9-4-2-8(10)3-5-9/h2-5H,6-7H2,1H3. The summed E-state index contributed by atoms with van der Waals surface area (Å²) < 4.78 is 35.7. The molecule has 78 valence electrons. The average molecular weight is 234 g/mol. The van der Waals surface area contributed by atoms with Gasteiger partial charge in [0.05, 0.1) is 10.6 Å². The summed E-state index contributed by atoms with van der Waals surface area (Å²) >= 11 is 1.47. The zero-order valence-corrected chi connectivity index (χ0v) is 9.37. The molecule has 2 nitrogen and oxygen atoms in total. The Morgan fingerprint density at radius 2 is 1.86 bits per heavy atom. The maximum Gasteiger partial charge on any atom is 0.179 e. The number of rotatable bonds is 4. The van der Waals surface area contributed by atoms with Gasteiger partial charge < -0.3 is 0 Å². The molecule has 14 heavy (non-hydrogen) atoms. The van der Waals surface area contributed by atoms with E-state index in [2.05, 4.69) is 0 Å². The second-order valence-corrected chi connectivity index (χ2v) is 5.86. The van der Waals surface area contributed by atoms with Gasteiger partial charge in [-0.05, 0) is 30.5 Å². The van der Waals surface area contributed by atoms with E-state index in [1.54, 1.807) is 0 Å². The third-order valence-electron chi connectivity index (χ3n) is 1.73. The molecule has 0 aliphatic rings. The molecule has 0 saturated carbocycles. The smallest absolute Gasteiger partial charge is 0.179 e. The fraction of sp³-hybridized carbons (Fsp3) is 0.333. The molecular formula is C9H11FO2S2. The van der Waals surface area contributed by atoms with Gasteiger partial charge in [-0.1, -0.05) is 0 Å². The molecule has 0 spiro atoms. The zero-order chi connectivity index (χ0) is 10.6. The minimum absolute atomic E-state index is 0.0970. The first-order valence-electron chi connectivity index (χ1n) is 4.03. The minimum Gasteiger partial charge on any atom is -0.224 e. The molecule has 0 radical (unpaired) electrons. The molecule has 0 fully saturated rings. The van der Waals surface area contributed by atoms with Gasteiger partial charge in [-0.2, -0.15) is 11.8 Å². The van der Waals surface area contributed by atoms with Crippen LogP contribution < -0.4 is 0 Å². The largest absolute Gasteiger partial charge is 0.224 e. The van der Waals surface area contributed by atoms with Crippen LogP contribution in [0, 0.1) is 5.82 Å². The van der Waals surface area contributed by atoms with E-state index in [9.17, 15) is 12.8 Å². The Morgan fingerprint density at radius 3 is 2.36 bits per heavy atom. The zero-order valence-electron chi connectivity index (χ0n) is 7.73. The Balaban J connectivity index is 2.87. The van der Waals surface area contributed by atoms with Crippen molar-refractivity contribution >= 4 is 21.6 Å². The fourth-order valence-corrected chi connectivity index (χ4v) is 3.28.